The maximum absolute atomic E-state index is 12.7. The summed E-state index contributed by atoms with van der Waals surface area (Å²) in [4.78, 5) is 26.8. The van der Waals surface area contributed by atoms with Gasteiger partial charge in [-0.2, -0.15) is 5.10 Å². The van der Waals surface area contributed by atoms with Crippen LogP contribution in [-0.4, -0.2) is 33.2 Å². The molecule has 0 radical (unpaired) electrons. The number of hydrogen-bond acceptors (Lipinski definition) is 3. The Morgan fingerprint density at radius 2 is 1.83 bits per heavy atom. The summed E-state index contributed by atoms with van der Waals surface area (Å²) in [5.74, 6) is 0.680. The topological polar surface area (TPSA) is 55.2 Å². The summed E-state index contributed by atoms with van der Waals surface area (Å²) in [7, 11) is 0. The van der Waals surface area contributed by atoms with E-state index < -0.39 is 0 Å². The lowest BCUT2D eigenvalue weighted by Gasteiger charge is -2.22. The number of hydrogen-bond donors (Lipinski definition) is 0. The summed E-state index contributed by atoms with van der Waals surface area (Å²) in [6.45, 7) is 0.874. The van der Waals surface area contributed by atoms with E-state index in [1.165, 1.54) is 23.6 Å². The van der Waals surface area contributed by atoms with E-state index in [1.54, 1.807) is 6.07 Å². The fraction of sp³-hybridized carbons (Fsp3) is 0.421. The number of carbonyl (C=O) groups excluding carboxylic acids is 1. The molecule has 1 aromatic heterocycles. The second-order valence-corrected chi connectivity index (χ2v) is 6.80. The van der Waals surface area contributed by atoms with E-state index in [2.05, 4.69) is 5.10 Å². The first-order chi connectivity index (χ1) is 11.7. The Labute approximate surface area is 140 Å². The van der Waals surface area contributed by atoms with Crippen LogP contribution in [0.15, 0.2) is 47.3 Å². The van der Waals surface area contributed by atoms with Crippen LogP contribution in [0.2, 0.25) is 0 Å². The van der Waals surface area contributed by atoms with Crippen LogP contribution >= 0.6 is 0 Å². The highest BCUT2D eigenvalue weighted by molar-refractivity contribution is 5.76. The van der Waals surface area contributed by atoms with Crippen LogP contribution in [0.25, 0.3) is 11.3 Å². The van der Waals surface area contributed by atoms with Crippen LogP contribution in [0.3, 0.4) is 0 Å². The lowest BCUT2D eigenvalue weighted by atomic mass is 10.1. The van der Waals surface area contributed by atoms with Gasteiger partial charge in [0.05, 0.1) is 5.69 Å². The van der Waals surface area contributed by atoms with Gasteiger partial charge in [-0.25, -0.2) is 4.68 Å². The minimum absolute atomic E-state index is 0.0178. The molecule has 1 aromatic carbocycles. The first-order valence-electron chi connectivity index (χ1n) is 8.64. The van der Waals surface area contributed by atoms with Gasteiger partial charge in [0, 0.05) is 24.2 Å². The maximum Gasteiger partial charge on any atom is 0.267 e. The van der Waals surface area contributed by atoms with E-state index in [0.29, 0.717) is 17.7 Å². The first kappa shape index (κ1) is 15.1. The van der Waals surface area contributed by atoms with E-state index in [1.807, 2.05) is 35.2 Å². The minimum Gasteiger partial charge on any atom is -0.338 e. The van der Waals surface area contributed by atoms with Crippen molar-refractivity contribution in [3.63, 3.8) is 0 Å². The van der Waals surface area contributed by atoms with Gasteiger partial charge < -0.3 is 4.90 Å². The molecule has 5 heteroatoms. The minimum atomic E-state index is -0.231. The molecule has 2 saturated carbocycles. The van der Waals surface area contributed by atoms with Crippen LogP contribution < -0.4 is 5.56 Å². The zero-order valence-electron chi connectivity index (χ0n) is 13.6. The molecule has 0 bridgehead atoms. The predicted octanol–water partition coefficient (Wildman–Crippen LogP) is 2.31. The summed E-state index contributed by atoms with van der Waals surface area (Å²) in [5, 5.41) is 4.40. The lowest BCUT2D eigenvalue weighted by molar-refractivity contribution is -0.133. The highest BCUT2D eigenvalue weighted by Gasteiger charge is 2.36. The second-order valence-electron chi connectivity index (χ2n) is 6.80. The molecule has 2 fully saturated rings. The number of amides is 1. The highest BCUT2D eigenvalue weighted by atomic mass is 16.2. The SMILES string of the molecule is O=C(Cn1nc(-c2ccccc2)ccc1=O)N(CC1CC1)C1CC1. The molecular weight excluding hydrogens is 302 g/mol. The quantitative estimate of drug-likeness (QED) is 0.820. The molecule has 0 aliphatic heterocycles. The van der Waals surface area contributed by atoms with Crippen molar-refractivity contribution in [2.75, 3.05) is 6.54 Å². The molecule has 1 amide bonds. The van der Waals surface area contributed by atoms with Gasteiger partial charge in [0.1, 0.15) is 6.54 Å². The predicted molar refractivity (Wildman–Crippen MR) is 91.4 cm³/mol. The first-order valence-corrected chi connectivity index (χ1v) is 8.64. The number of aromatic nitrogens is 2. The van der Waals surface area contributed by atoms with Gasteiger partial charge in [0.2, 0.25) is 5.91 Å². The average molecular weight is 323 g/mol. The monoisotopic (exact) mass is 323 g/mol. The molecule has 0 N–H and O–H groups in total. The van der Waals surface area contributed by atoms with Crippen molar-refractivity contribution in [2.24, 2.45) is 5.92 Å². The van der Waals surface area contributed by atoms with Gasteiger partial charge >= 0.3 is 0 Å². The summed E-state index contributed by atoms with van der Waals surface area (Å²) in [5.41, 5.74) is 1.42. The molecular formula is C19H21N3O2. The number of rotatable bonds is 6. The standard InChI is InChI=1S/C19H21N3O2/c23-18-11-10-17(15-4-2-1-3-5-15)20-22(18)13-19(24)21(16-8-9-16)12-14-6-7-14/h1-5,10-11,14,16H,6-9,12-13H2. The maximum atomic E-state index is 12.7. The molecule has 0 atom stereocenters. The summed E-state index contributed by atoms with van der Waals surface area (Å²) in [6, 6.07) is 13.3. The van der Waals surface area contributed by atoms with Crippen molar-refractivity contribution in [3.05, 3.63) is 52.8 Å². The van der Waals surface area contributed by atoms with Crippen LogP contribution in [0.5, 0.6) is 0 Å². The van der Waals surface area contributed by atoms with Crippen LogP contribution in [0.1, 0.15) is 25.7 Å². The summed E-state index contributed by atoms with van der Waals surface area (Å²) in [6.07, 6.45) is 4.62. The fourth-order valence-electron chi connectivity index (χ4n) is 2.96. The van der Waals surface area contributed by atoms with Gasteiger partial charge in [-0.1, -0.05) is 30.3 Å². The van der Waals surface area contributed by atoms with Crippen molar-refractivity contribution in [1.82, 2.24) is 14.7 Å². The van der Waals surface area contributed by atoms with Crippen LogP contribution in [0.4, 0.5) is 0 Å². The molecule has 1 heterocycles. The van der Waals surface area contributed by atoms with Gasteiger partial charge in [0.15, 0.2) is 0 Å². The Balaban J connectivity index is 1.54. The van der Waals surface area contributed by atoms with E-state index in [4.69, 9.17) is 0 Å². The molecule has 0 unspecified atom stereocenters. The lowest BCUT2D eigenvalue weighted by Crippen LogP contribution is -2.39. The van der Waals surface area contributed by atoms with Crippen molar-refractivity contribution in [3.8, 4) is 11.3 Å². The third-order valence-electron chi connectivity index (χ3n) is 4.68. The third kappa shape index (κ3) is 3.40. The molecule has 124 valence electrons. The molecule has 0 saturated heterocycles. The number of benzene rings is 1. The second kappa shape index (κ2) is 6.23. The Hall–Kier alpha value is -2.43. The summed E-state index contributed by atoms with van der Waals surface area (Å²) < 4.78 is 1.30. The van der Waals surface area contributed by atoms with Gasteiger partial charge in [-0.05, 0) is 37.7 Å². The van der Waals surface area contributed by atoms with E-state index in [0.717, 1.165) is 24.9 Å². The van der Waals surface area contributed by atoms with Gasteiger partial charge in [-0.3, -0.25) is 9.59 Å². The Morgan fingerprint density at radius 1 is 1.08 bits per heavy atom. The zero-order chi connectivity index (χ0) is 16.5. The van der Waals surface area contributed by atoms with E-state index in [-0.39, 0.29) is 18.0 Å². The molecule has 5 nitrogen and oxygen atoms in total. The smallest absolute Gasteiger partial charge is 0.267 e. The van der Waals surface area contributed by atoms with E-state index >= 15 is 0 Å². The van der Waals surface area contributed by atoms with Crippen molar-refractivity contribution < 1.29 is 4.79 Å². The van der Waals surface area contributed by atoms with Crippen molar-refractivity contribution >= 4 is 5.91 Å². The molecule has 0 spiro atoms. The Bertz CT molecular complexity index is 792. The molecule has 2 aliphatic rings. The van der Waals surface area contributed by atoms with Crippen LogP contribution in [-0.2, 0) is 11.3 Å². The Kier molecular flexibility index (Phi) is 3.92. The van der Waals surface area contributed by atoms with Gasteiger partial charge in [0.25, 0.3) is 5.56 Å². The molecule has 4 rings (SSSR count). The summed E-state index contributed by atoms with van der Waals surface area (Å²) >= 11 is 0. The molecule has 2 aromatic rings. The van der Waals surface area contributed by atoms with Crippen LogP contribution in [0, 0.1) is 5.92 Å². The highest BCUT2D eigenvalue weighted by Crippen LogP contribution is 2.34. The van der Waals surface area contributed by atoms with E-state index in [9.17, 15) is 9.59 Å². The van der Waals surface area contributed by atoms with Gasteiger partial charge in [-0.15, -0.1) is 0 Å². The third-order valence-corrected chi connectivity index (χ3v) is 4.68. The molecule has 24 heavy (non-hydrogen) atoms. The zero-order valence-corrected chi connectivity index (χ0v) is 13.6. The van der Waals surface area contributed by atoms with Crippen molar-refractivity contribution in [2.45, 2.75) is 38.3 Å². The Morgan fingerprint density at radius 3 is 2.50 bits per heavy atom. The largest absolute Gasteiger partial charge is 0.338 e. The number of carbonyl (C=O) groups is 1. The number of nitrogens with zero attached hydrogens (tertiary/aromatic N) is 3. The fourth-order valence-corrected chi connectivity index (χ4v) is 2.96. The molecule has 2 aliphatic carbocycles. The average Bonchev–Trinajstić information content (AvgIpc) is 3.48. The van der Waals surface area contributed by atoms with Crippen molar-refractivity contribution in [1.29, 1.82) is 0 Å². The normalized spacial score (nSPS) is 16.8.